The van der Waals surface area contributed by atoms with Crippen molar-refractivity contribution in [1.29, 1.82) is 0 Å². The zero-order chi connectivity index (χ0) is 12.5. The Morgan fingerprint density at radius 3 is 2.61 bits per heavy atom. The first kappa shape index (κ1) is 10.4. The molecule has 3 heterocycles. The fraction of sp³-hybridized carbons (Fsp3) is 0. The first-order valence-electron chi connectivity index (χ1n) is 5.29. The second-order valence-corrected chi connectivity index (χ2v) is 3.66. The highest BCUT2D eigenvalue weighted by Gasteiger charge is 2.10. The Bertz CT molecular complexity index is 821. The van der Waals surface area contributed by atoms with Gasteiger partial charge in [0.05, 0.1) is 5.52 Å². The molecule has 0 atom stereocenters. The largest absolute Gasteiger partial charge is 0.334 e. The molecule has 3 aromatic rings. The molecule has 1 N–H and O–H groups in total. The Balaban J connectivity index is 2.45. The molecule has 3 aromatic heterocycles. The molecule has 0 unspecified atom stereocenters. The second-order valence-electron chi connectivity index (χ2n) is 3.66. The van der Waals surface area contributed by atoms with Gasteiger partial charge in [0.2, 0.25) is 0 Å². The maximum Gasteiger partial charge on any atom is 0.334 e. The van der Waals surface area contributed by atoms with Gasteiger partial charge in [0.25, 0.3) is 5.56 Å². The van der Waals surface area contributed by atoms with Crippen LogP contribution in [0.1, 0.15) is 0 Å². The highest BCUT2D eigenvalue weighted by molar-refractivity contribution is 5.72. The molecule has 6 heteroatoms. The minimum atomic E-state index is -0.529. The van der Waals surface area contributed by atoms with Crippen molar-refractivity contribution in [3.8, 4) is 5.82 Å². The molecule has 0 aliphatic carbocycles. The van der Waals surface area contributed by atoms with E-state index in [4.69, 9.17) is 0 Å². The summed E-state index contributed by atoms with van der Waals surface area (Å²) in [6, 6.07) is 8.29. The van der Waals surface area contributed by atoms with E-state index in [9.17, 15) is 9.59 Å². The van der Waals surface area contributed by atoms with Gasteiger partial charge in [-0.25, -0.2) is 19.3 Å². The second kappa shape index (κ2) is 3.92. The number of aromatic amines is 1. The Hall–Kier alpha value is -2.76. The highest BCUT2D eigenvalue weighted by Crippen LogP contribution is 2.01. The van der Waals surface area contributed by atoms with Crippen molar-refractivity contribution in [2.45, 2.75) is 0 Å². The topological polar surface area (TPSA) is 80.6 Å². The molecule has 3 rings (SSSR count). The Morgan fingerprint density at radius 2 is 1.83 bits per heavy atom. The summed E-state index contributed by atoms with van der Waals surface area (Å²) in [6.07, 6.45) is 3.02. The van der Waals surface area contributed by atoms with Crippen molar-refractivity contribution in [2.24, 2.45) is 0 Å². The van der Waals surface area contributed by atoms with Crippen LogP contribution in [0, 0.1) is 0 Å². The van der Waals surface area contributed by atoms with Gasteiger partial charge in [-0.3, -0.25) is 4.79 Å². The average Bonchev–Trinajstić information content (AvgIpc) is 2.40. The van der Waals surface area contributed by atoms with Crippen molar-refractivity contribution in [3.05, 3.63) is 63.6 Å². The van der Waals surface area contributed by atoms with Crippen LogP contribution in [0.2, 0.25) is 0 Å². The van der Waals surface area contributed by atoms with E-state index in [0.29, 0.717) is 5.52 Å². The number of pyridine rings is 2. The van der Waals surface area contributed by atoms with Crippen LogP contribution in [0.4, 0.5) is 0 Å². The maximum atomic E-state index is 12.2. The summed E-state index contributed by atoms with van der Waals surface area (Å²) in [5.74, 6) is 0.274. The molecule has 18 heavy (non-hydrogen) atoms. The van der Waals surface area contributed by atoms with Crippen LogP contribution in [0.25, 0.3) is 16.9 Å². The molecule has 0 aliphatic heterocycles. The van der Waals surface area contributed by atoms with Crippen molar-refractivity contribution in [3.63, 3.8) is 0 Å². The third-order valence-electron chi connectivity index (χ3n) is 2.54. The molecule has 0 aliphatic rings. The molecule has 0 saturated carbocycles. The van der Waals surface area contributed by atoms with E-state index in [1.807, 2.05) is 0 Å². The predicted molar refractivity (Wildman–Crippen MR) is 65.8 cm³/mol. The van der Waals surface area contributed by atoms with Crippen LogP contribution in [0.15, 0.2) is 52.3 Å². The van der Waals surface area contributed by atoms with Gasteiger partial charge >= 0.3 is 5.69 Å². The normalized spacial score (nSPS) is 10.7. The monoisotopic (exact) mass is 240 g/mol. The van der Waals surface area contributed by atoms with Crippen LogP contribution >= 0.6 is 0 Å². The summed E-state index contributed by atoms with van der Waals surface area (Å²) in [5, 5.41) is 0. The Morgan fingerprint density at radius 1 is 1.00 bits per heavy atom. The van der Waals surface area contributed by atoms with Gasteiger partial charge < -0.3 is 4.98 Å². The molecule has 6 nitrogen and oxygen atoms in total. The summed E-state index contributed by atoms with van der Waals surface area (Å²) in [6.45, 7) is 0. The van der Waals surface area contributed by atoms with E-state index < -0.39 is 11.2 Å². The molecule has 88 valence electrons. The van der Waals surface area contributed by atoms with Gasteiger partial charge in [0, 0.05) is 12.4 Å². The lowest BCUT2D eigenvalue weighted by Crippen LogP contribution is -2.34. The summed E-state index contributed by atoms with van der Waals surface area (Å²) in [4.78, 5) is 34.7. The van der Waals surface area contributed by atoms with E-state index in [0.717, 1.165) is 4.57 Å². The van der Waals surface area contributed by atoms with Crippen LogP contribution in [0.5, 0.6) is 0 Å². The van der Waals surface area contributed by atoms with Crippen molar-refractivity contribution < 1.29 is 0 Å². The van der Waals surface area contributed by atoms with Crippen LogP contribution in [-0.4, -0.2) is 19.5 Å². The number of nitrogens with one attached hydrogen (secondary N) is 1. The van der Waals surface area contributed by atoms with E-state index in [1.54, 1.807) is 30.3 Å². The van der Waals surface area contributed by atoms with E-state index in [2.05, 4.69) is 15.0 Å². The molecule has 0 amide bonds. The fourth-order valence-electron chi connectivity index (χ4n) is 1.74. The molecule has 0 fully saturated rings. The number of hydrogen-bond donors (Lipinski definition) is 1. The first-order valence-corrected chi connectivity index (χ1v) is 5.29. The van der Waals surface area contributed by atoms with Gasteiger partial charge in [0.1, 0.15) is 5.82 Å². The van der Waals surface area contributed by atoms with Crippen molar-refractivity contribution >= 4 is 11.0 Å². The van der Waals surface area contributed by atoms with Gasteiger partial charge in [-0.15, -0.1) is 0 Å². The number of hydrogen-bond acceptors (Lipinski definition) is 4. The fourth-order valence-corrected chi connectivity index (χ4v) is 1.74. The number of H-pyrrole nitrogens is 1. The zero-order valence-corrected chi connectivity index (χ0v) is 9.20. The summed E-state index contributed by atoms with van der Waals surface area (Å²) in [7, 11) is 0. The van der Waals surface area contributed by atoms with E-state index in [1.165, 1.54) is 12.4 Å². The maximum absolute atomic E-state index is 12.2. The molecule has 0 spiro atoms. The molecule has 0 saturated heterocycles. The first-order chi connectivity index (χ1) is 8.77. The molecular formula is C12H8N4O2. The smallest absolute Gasteiger partial charge is 0.305 e. The van der Waals surface area contributed by atoms with Gasteiger partial charge in [0.15, 0.2) is 5.52 Å². The third kappa shape index (κ3) is 1.51. The van der Waals surface area contributed by atoms with Gasteiger partial charge in [-0.05, 0) is 24.3 Å². The lowest BCUT2D eigenvalue weighted by Gasteiger charge is -2.03. The standard InChI is InChI=1S/C12H8N4O2/c17-11-10-8(4-3-7-14-10)15-12(18)16(11)9-5-1-2-6-13-9/h1-7H,(H,15,18). The minimum absolute atomic E-state index is 0.211. The van der Waals surface area contributed by atoms with Gasteiger partial charge in [-0.1, -0.05) is 6.07 Å². The third-order valence-corrected chi connectivity index (χ3v) is 2.54. The number of fused-ring (bicyclic) bond motifs is 1. The predicted octanol–water partition coefficient (Wildman–Crippen LogP) is 0.469. The lowest BCUT2D eigenvalue weighted by atomic mass is 10.3. The summed E-state index contributed by atoms with van der Waals surface area (Å²) >= 11 is 0. The zero-order valence-electron chi connectivity index (χ0n) is 9.20. The van der Waals surface area contributed by atoms with Crippen LogP contribution < -0.4 is 11.2 Å². The SMILES string of the molecule is O=c1[nH]c2cccnc2c(=O)n1-c1ccccn1. The molecule has 0 bridgehead atoms. The average molecular weight is 240 g/mol. The quantitative estimate of drug-likeness (QED) is 0.670. The number of nitrogens with zero attached hydrogens (tertiary/aromatic N) is 3. The van der Waals surface area contributed by atoms with Crippen molar-refractivity contribution in [1.82, 2.24) is 19.5 Å². The molecule has 0 aromatic carbocycles. The van der Waals surface area contributed by atoms with E-state index in [-0.39, 0.29) is 11.3 Å². The Kier molecular flexibility index (Phi) is 2.26. The Labute approximate surface area is 101 Å². The van der Waals surface area contributed by atoms with Crippen LogP contribution in [-0.2, 0) is 0 Å². The molecule has 0 radical (unpaired) electrons. The lowest BCUT2D eigenvalue weighted by molar-refractivity contribution is 0.864. The summed E-state index contributed by atoms with van der Waals surface area (Å²) < 4.78 is 0.968. The van der Waals surface area contributed by atoms with E-state index >= 15 is 0 Å². The number of rotatable bonds is 1. The van der Waals surface area contributed by atoms with Gasteiger partial charge in [-0.2, -0.15) is 0 Å². The molecular weight excluding hydrogens is 232 g/mol. The minimum Gasteiger partial charge on any atom is -0.305 e. The summed E-state index contributed by atoms with van der Waals surface area (Å²) in [5.41, 5.74) is -0.380. The van der Waals surface area contributed by atoms with Crippen molar-refractivity contribution in [2.75, 3.05) is 0 Å². The highest BCUT2D eigenvalue weighted by atomic mass is 16.2. The van der Waals surface area contributed by atoms with Crippen LogP contribution in [0.3, 0.4) is 0 Å². The number of aromatic nitrogens is 4.